The topological polar surface area (TPSA) is 43.8 Å². The van der Waals surface area contributed by atoms with Crippen LogP contribution >= 0.6 is 0 Å². The highest BCUT2D eigenvalue weighted by molar-refractivity contribution is 5.83. The molecule has 0 aromatic heterocycles. The van der Waals surface area contributed by atoms with Crippen LogP contribution in [0.4, 0.5) is 0 Å². The van der Waals surface area contributed by atoms with Gasteiger partial charge in [0, 0.05) is 24.5 Å². The van der Waals surface area contributed by atoms with E-state index in [0.717, 1.165) is 32.2 Å². The van der Waals surface area contributed by atoms with E-state index in [1.54, 1.807) is 0 Å². The molecule has 1 heterocycles. The van der Waals surface area contributed by atoms with Crippen molar-refractivity contribution in [3.8, 4) is 0 Å². The lowest BCUT2D eigenvalue weighted by atomic mass is 9.81. The normalized spacial score (nSPS) is 30.3. The number of amides is 1. The number of rotatable bonds is 4. The lowest BCUT2D eigenvalue weighted by Gasteiger charge is -2.35. The monoisotopic (exact) mass is 268 g/mol. The van der Waals surface area contributed by atoms with Crippen LogP contribution in [0.25, 0.3) is 0 Å². The van der Waals surface area contributed by atoms with Crippen molar-refractivity contribution in [1.82, 2.24) is 9.80 Å². The summed E-state index contributed by atoms with van der Waals surface area (Å²) in [5, 5.41) is 9.92. The van der Waals surface area contributed by atoms with Gasteiger partial charge in [-0.1, -0.05) is 19.8 Å². The Morgan fingerprint density at radius 1 is 1.37 bits per heavy atom. The van der Waals surface area contributed by atoms with E-state index in [9.17, 15) is 9.90 Å². The largest absolute Gasteiger partial charge is 0.391 e. The van der Waals surface area contributed by atoms with E-state index in [2.05, 4.69) is 11.8 Å². The summed E-state index contributed by atoms with van der Waals surface area (Å²) < 4.78 is 0. The highest BCUT2D eigenvalue weighted by atomic mass is 16.3. The average Bonchev–Trinajstić information content (AvgIpc) is 2.95. The molecule has 1 N–H and O–H groups in total. The molecule has 0 radical (unpaired) electrons. The quantitative estimate of drug-likeness (QED) is 0.840. The molecule has 2 rings (SSSR count). The number of hydrogen-bond donors (Lipinski definition) is 1. The number of aliphatic hydroxyl groups is 1. The number of carbonyl (C=O) groups excluding carboxylic acids is 1. The zero-order chi connectivity index (χ0) is 14.0. The van der Waals surface area contributed by atoms with E-state index < -0.39 is 0 Å². The van der Waals surface area contributed by atoms with Crippen LogP contribution in [0.3, 0.4) is 0 Å². The van der Waals surface area contributed by atoms with Gasteiger partial charge in [-0.05, 0) is 39.8 Å². The molecule has 2 atom stereocenters. The zero-order valence-electron chi connectivity index (χ0n) is 12.6. The van der Waals surface area contributed by atoms with Crippen LogP contribution in [0.5, 0.6) is 0 Å². The van der Waals surface area contributed by atoms with Gasteiger partial charge in [0.1, 0.15) is 0 Å². The Morgan fingerprint density at radius 2 is 2.00 bits per heavy atom. The Morgan fingerprint density at radius 3 is 2.53 bits per heavy atom. The van der Waals surface area contributed by atoms with Gasteiger partial charge < -0.3 is 14.9 Å². The minimum absolute atomic E-state index is 0.130. The molecular weight excluding hydrogens is 240 g/mol. The van der Waals surface area contributed by atoms with Crippen molar-refractivity contribution in [2.24, 2.45) is 5.41 Å². The van der Waals surface area contributed by atoms with Crippen LogP contribution < -0.4 is 0 Å². The molecule has 0 aromatic carbocycles. The maximum absolute atomic E-state index is 12.9. The van der Waals surface area contributed by atoms with Crippen LogP contribution in [0.15, 0.2) is 0 Å². The van der Waals surface area contributed by atoms with Crippen molar-refractivity contribution in [1.29, 1.82) is 0 Å². The third-order valence-electron chi connectivity index (χ3n) is 4.92. The molecule has 0 bridgehead atoms. The second kappa shape index (κ2) is 5.80. The standard InChI is InChI=1S/C15H28N2O2/c1-4-15(7-5-6-8-15)14(19)17-11-13(18)9-12(17)10-16(2)3/h12-13,18H,4-11H2,1-3H3. The second-order valence-electron chi connectivity index (χ2n) is 6.60. The van der Waals surface area contributed by atoms with Crippen molar-refractivity contribution >= 4 is 5.91 Å². The Kier molecular flexibility index (Phi) is 4.51. The first-order valence-electron chi connectivity index (χ1n) is 7.62. The highest BCUT2D eigenvalue weighted by Crippen LogP contribution is 2.43. The average molecular weight is 268 g/mol. The fourth-order valence-corrected chi connectivity index (χ4v) is 3.81. The summed E-state index contributed by atoms with van der Waals surface area (Å²) in [5.74, 6) is 0.302. The van der Waals surface area contributed by atoms with Crippen molar-refractivity contribution < 1.29 is 9.90 Å². The van der Waals surface area contributed by atoms with Gasteiger partial charge in [-0.3, -0.25) is 4.79 Å². The lowest BCUT2D eigenvalue weighted by Crippen LogP contribution is -2.48. The fourth-order valence-electron chi connectivity index (χ4n) is 3.81. The smallest absolute Gasteiger partial charge is 0.229 e. The summed E-state index contributed by atoms with van der Waals surface area (Å²) in [7, 11) is 4.05. The molecule has 1 saturated carbocycles. The van der Waals surface area contributed by atoms with Gasteiger partial charge in [0.05, 0.1) is 6.10 Å². The van der Waals surface area contributed by atoms with E-state index in [1.807, 2.05) is 19.0 Å². The van der Waals surface area contributed by atoms with Crippen LogP contribution in [-0.4, -0.2) is 60.1 Å². The molecule has 4 heteroatoms. The molecule has 1 aliphatic carbocycles. The van der Waals surface area contributed by atoms with Crippen LogP contribution in [-0.2, 0) is 4.79 Å². The predicted molar refractivity (Wildman–Crippen MR) is 75.9 cm³/mol. The van der Waals surface area contributed by atoms with Crippen LogP contribution in [0, 0.1) is 5.41 Å². The van der Waals surface area contributed by atoms with Gasteiger partial charge >= 0.3 is 0 Å². The molecule has 2 unspecified atom stereocenters. The van der Waals surface area contributed by atoms with E-state index in [4.69, 9.17) is 0 Å². The van der Waals surface area contributed by atoms with E-state index in [-0.39, 0.29) is 17.6 Å². The highest BCUT2D eigenvalue weighted by Gasteiger charge is 2.46. The first-order chi connectivity index (χ1) is 8.98. The number of β-amino-alcohol motifs (C(OH)–C–C–N with tert-alkyl or cyclic N) is 1. The van der Waals surface area contributed by atoms with Crippen molar-refractivity contribution in [3.05, 3.63) is 0 Å². The minimum atomic E-state index is -0.343. The van der Waals surface area contributed by atoms with Gasteiger partial charge in [-0.15, -0.1) is 0 Å². The van der Waals surface area contributed by atoms with Gasteiger partial charge in [-0.25, -0.2) is 0 Å². The Hall–Kier alpha value is -0.610. The Balaban J connectivity index is 2.11. The molecule has 1 saturated heterocycles. The summed E-state index contributed by atoms with van der Waals surface area (Å²) in [4.78, 5) is 17.0. The number of carbonyl (C=O) groups is 1. The van der Waals surface area contributed by atoms with Crippen molar-refractivity contribution in [2.45, 2.75) is 57.6 Å². The molecule has 2 fully saturated rings. The van der Waals surface area contributed by atoms with Crippen molar-refractivity contribution in [2.75, 3.05) is 27.2 Å². The third-order valence-corrected chi connectivity index (χ3v) is 4.92. The van der Waals surface area contributed by atoms with Crippen LogP contribution in [0.2, 0.25) is 0 Å². The lowest BCUT2D eigenvalue weighted by molar-refractivity contribution is -0.143. The van der Waals surface area contributed by atoms with Gasteiger partial charge in [0.25, 0.3) is 0 Å². The zero-order valence-corrected chi connectivity index (χ0v) is 12.6. The molecule has 2 aliphatic rings. The Labute approximate surface area is 116 Å². The predicted octanol–water partition coefficient (Wildman–Crippen LogP) is 1.48. The second-order valence-corrected chi connectivity index (χ2v) is 6.60. The first-order valence-corrected chi connectivity index (χ1v) is 7.62. The van der Waals surface area contributed by atoms with Gasteiger partial charge in [-0.2, -0.15) is 0 Å². The molecule has 110 valence electrons. The summed E-state index contributed by atoms with van der Waals surface area (Å²) in [5.41, 5.74) is -0.130. The number of nitrogens with zero attached hydrogens (tertiary/aromatic N) is 2. The SMILES string of the molecule is CCC1(C(=O)N2CC(O)CC2CN(C)C)CCCC1. The molecule has 19 heavy (non-hydrogen) atoms. The molecule has 1 amide bonds. The minimum Gasteiger partial charge on any atom is -0.391 e. The first kappa shape index (κ1) is 14.8. The molecule has 0 aromatic rings. The number of aliphatic hydroxyl groups excluding tert-OH is 1. The number of hydrogen-bond acceptors (Lipinski definition) is 3. The molecule has 4 nitrogen and oxygen atoms in total. The summed E-state index contributed by atoms with van der Waals surface area (Å²) in [6.07, 6.45) is 5.73. The van der Waals surface area contributed by atoms with E-state index in [0.29, 0.717) is 12.5 Å². The fraction of sp³-hybridized carbons (Fsp3) is 0.933. The van der Waals surface area contributed by atoms with E-state index >= 15 is 0 Å². The summed E-state index contributed by atoms with van der Waals surface area (Å²) in [6.45, 7) is 3.51. The molecular formula is C15H28N2O2. The summed E-state index contributed by atoms with van der Waals surface area (Å²) >= 11 is 0. The Bertz CT molecular complexity index is 324. The maximum Gasteiger partial charge on any atom is 0.229 e. The molecule has 1 aliphatic heterocycles. The number of likely N-dealkylation sites (N-methyl/N-ethyl adjacent to an activating group) is 1. The number of likely N-dealkylation sites (tertiary alicyclic amines) is 1. The van der Waals surface area contributed by atoms with Crippen molar-refractivity contribution in [3.63, 3.8) is 0 Å². The van der Waals surface area contributed by atoms with Gasteiger partial charge in [0.2, 0.25) is 5.91 Å². The molecule has 0 spiro atoms. The van der Waals surface area contributed by atoms with Crippen LogP contribution in [0.1, 0.15) is 45.4 Å². The maximum atomic E-state index is 12.9. The third kappa shape index (κ3) is 2.95. The summed E-state index contributed by atoms with van der Waals surface area (Å²) in [6, 6.07) is 0.182. The van der Waals surface area contributed by atoms with Gasteiger partial charge in [0.15, 0.2) is 0 Å². The van der Waals surface area contributed by atoms with E-state index in [1.165, 1.54) is 12.8 Å².